The van der Waals surface area contributed by atoms with E-state index < -0.39 is 0 Å². The second-order valence-electron chi connectivity index (χ2n) is 6.03. The number of carbonyl (C=O) groups excluding carboxylic acids is 1. The first-order valence-electron chi connectivity index (χ1n) is 8.37. The van der Waals surface area contributed by atoms with Crippen LogP contribution in [0.15, 0.2) is 54.4 Å². The van der Waals surface area contributed by atoms with E-state index >= 15 is 0 Å². The molecule has 4 nitrogen and oxygen atoms in total. The SMILES string of the molecule is O=C(C=C1CCCCC1)NCCc1cnn(-c2ccccc2)c1. The molecule has 1 N–H and O–H groups in total. The maximum atomic E-state index is 11.9. The van der Waals surface area contributed by atoms with E-state index in [1.807, 2.05) is 47.4 Å². The minimum atomic E-state index is 0.0392. The van der Waals surface area contributed by atoms with Crippen molar-refractivity contribution in [3.8, 4) is 5.69 Å². The molecule has 0 atom stereocenters. The number of aromatic nitrogens is 2. The van der Waals surface area contributed by atoms with Crippen molar-refractivity contribution in [2.45, 2.75) is 38.5 Å². The largest absolute Gasteiger partial charge is 0.352 e. The molecule has 0 aliphatic heterocycles. The molecule has 1 amide bonds. The number of carbonyl (C=O) groups is 1. The number of para-hydroxylation sites is 1. The molecule has 4 heteroatoms. The van der Waals surface area contributed by atoms with Crippen LogP contribution >= 0.6 is 0 Å². The molecule has 23 heavy (non-hydrogen) atoms. The first kappa shape index (κ1) is 15.5. The van der Waals surface area contributed by atoms with Crippen molar-refractivity contribution in [2.75, 3.05) is 6.54 Å². The summed E-state index contributed by atoms with van der Waals surface area (Å²) in [5, 5.41) is 7.34. The lowest BCUT2D eigenvalue weighted by molar-refractivity contribution is -0.116. The lowest BCUT2D eigenvalue weighted by Crippen LogP contribution is -2.24. The summed E-state index contributed by atoms with van der Waals surface area (Å²) in [5.74, 6) is 0.0392. The first-order valence-corrected chi connectivity index (χ1v) is 8.37. The average molecular weight is 309 g/mol. The van der Waals surface area contributed by atoms with E-state index in [1.165, 1.54) is 24.8 Å². The molecule has 1 saturated carbocycles. The highest BCUT2D eigenvalue weighted by atomic mass is 16.1. The van der Waals surface area contributed by atoms with Crippen molar-refractivity contribution in [3.63, 3.8) is 0 Å². The summed E-state index contributed by atoms with van der Waals surface area (Å²) < 4.78 is 1.86. The highest BCUT2D eigenvalue weighted by molar-refractivity contribution is 5.88. The molecule has 0 radical (unpaired) electrons. The van der Waals surface area contributed by atoms with E-state index in [0.29, 0.717) is 6.54 Å². The van der Waals surface area contributed by atoms with Gasteiger partial charge in [-0.2, -0.15) is 5.10 Å². The van der Waals surface area contributed by atoms with Crippen LogP contribution in [0.4, 0.5) is 0 Å². The third-order valence-corrected chi connectivity index (χ3v) is 4.20. The Labute approximate surface area is 137 Å². The van der Waals surface area contributed by atoms with Crippen LogP contribution in [0.25, 0.3) is 5.69 Å². The highest BCUT2D eigenvalue weighted by Gasteiger charge is 2.07. The standard InChI is InChI=1S/C19H23N3O/c23-19(13-16-7-3-1-4-8-16)20-12-11-17-14-21-22(15-17)18-9-5-2-6-10-18/h2,5-6,9-10,13-15H,1,3-4,7-8,11-12H2,(H,20,23). The van der Waals surface area contributed by atoms with Gasteiger partial charge in [0.15, 0.2) is 0 Å². The first-order chi connectivity index (χ1) is 11.3. The third-order valence-electron chi connectivity index (χ3n) is 4.20. The average Bonchev–Trinajstić information content (AvgIpc) is 3.05. The summed E-state index contributed by atoms with van der Waals surface area (Å²) in [5.41, 5.74) is 3.47. The monoisotopic (exact) mass is 309 g/mol. The van der Waals surface area contributed by atoms with Crippen molar-refractivity contribution in [3.05, 3.63) is 59.9 Å². The Hall–Kier alpha value is -2.36. The van der Waals surface area contributed by atoms with E-state index in [0.717, 1.165) is 30.5 Å². The predicted molar refractivity (Wildman–Crippen MR) is 91.4 cm³/mol. The molecule has 1 aliphatic carbocycles. The van der Waals surface area contributed by atoms with Crippen LogP contribution in [0.5, 0.6) is 0 Å². The highest BCUT2D eigenvalue weighted by Crippen LogP contribution is 2.22. The van der Waals surface area contributed by atoms with Gasteiger partial charge in [-0.25, -0.2) is 4.68 Å². The third kappa shape index (κ3) is 4.55. The van der Waals surface area contributed by atoms with Crippen LogP contribution in [-0.4, -0.2) is 22.2 Å². The van der Waals surface area contributed by atoms with E-state index in [9.17, 15) is 4.79 Å². The van der Waals surface area contributed by atoms with Gasteiger partial charge in [-0.1, -0.05) is 30.2 Å². The Balaban J connectivity index is 1.47. The van der Waals surface area contributed by atoms with Gasteiger partial charge in [-0.3, -0.25) is 4.79 Å². The normalized spacial score (nSPS) is 14.5. The smallest absolute Gasteiger partial charge is 0.243 e. The minimum Gasteiger partial charge on any atom is -0.352 e. The minimum absolute atomic E-state index is 0.0392. The number of nitrogens with one attached hydrogen (secondary N) is 1. The zero-order valence-corrected chi connectivity index (χ0v) is 13.4. The molecule has 1 fully saturated rings. The molecule has 1 heterocycles. The van der Waals surface area contributed by atoms with Crippen LogP contribution in [0.2, 0.25) is 0 Å². The Morgan fingerprint density at radius 1 is 1.17 bits per heavy atom. The number of hydrogen-bond acceptors (Lipinski definition) is 2. The summed E-state index contributed by atoms with van der Waals surface area (Å²) in [6, 6.07) is 10.0. The molecule has 2 aromatic rings. The van der Waals surface area contributed by atoms with Gasteiger partial charge in [0.2, 0.25) is 5.91 Å². The van der Waals surface area contributed by atoms with Gasteiger partial charge in [-0.15, -0.1) is 0 Å². The Morgan fingerprint density at radius 3 is 2.74 bits per heavy atom. The molecule has 1 aromatic heterocycles. The fourth-order valence-corrected chi connectivity index (χ4v) is 2.93. The fraction of sp³-hybridized carbons (Fsp3) is 0.368. The van der Waals surface area contributed by atoms with Crippen molar-refractivity contribution >= 4 is 5.91 Å². The summed E-state index contributed by atoms with van der Waals surface area (Å²) in [6.45, 7) is 0.642. The van der Waals surface area contributed by atoms with Gasteiger partial charge in [0, 0.05) is 18.8 Å². The maximum absolute atomic E-state index is 11.9. The lowest BCUT2D eigenvalue weighted by Gasteiger charge is -2.13. The summed E-state index contributed by atoms with van der Waals surface area (Å²) in [4.78, 5) is 11.9. The van der Waals surface area contributed by atoms with Crippen LogP contribution < -0.4 is 5.32 Å². The van der Waals surface area contributed by atoms with Crippen molar-refractivity contribution < 1.29 is 4.79 Å². The van der Waals surface area contributed by atoms with Crippen LogP contribution in [0.3, 0.4) is 0 Å². The Bertz CT molecular complexity index is 665. The van der Waals surface area contributed by atoms with Crippen LogP contribution in [-0.2, 0) is 11.2 Å². The molecule has 1 aromatic carbocycles. The Kier molecular flexibility index (Phi) is 5.25. The molecule has 0 unspecified atom stereocenters. The van der Waals surface area contributed by atoms with Crippen molar-refractivity contribution in [1.82, 2.24) is 15.1 Å². The van der Waals surface area contributed by atoms with E-state index in [2.05, 4.69) is 10.4 Å². The molecule has 3 rings (SSSR count). The molecule has 120 valence electrons. The number of rotatable bonds is 5. The maximum Gasteiger partial charge on any atom is 0.243 e. The number of amides is 1. The molecule has 1 aliphatic rings. The second-order valence-corrected chi connectivity index (χ2v) is 6.03. The zero-order chi connectivity index (χ0) is 15.9. The zero-order valence-electron chi connectivity index (χ0n) is 13.4. The van der Waals surface area contributed by atoms with Gasteiger partial charge < -0.3 is 5.32 Å². The second kappa shape index (κ2) is 7.77. The molecule has 0 bridgehead atoms. The summed E-state index contributed by atoms with van der Waals surface area (Å²) >= 11 is 0. The molecular weight excluding hydrogens is 286 g/mol. The van der Waals surface area contributed by atoms with Gasteiger partial charge in [0.25, 0.3) is 0 Å². The van der Waals surface area contributed by atoms with Crippen molar-refractivity contribution in [1.29, 1.82) is 0 Å². The molecule has 0 saturated heterocycles. The summed E-state index contributed by atoms with van der Waals surface area (Å²) in [7, 11) is 0. The quantitative estimate of drug-likeness (QED) is 0.860. The van der Waals surface area contributed by atoms with E-state index in [1.54, 1.807) is 6.08 Å². The Morgan fingerprint density at radius 2 is 1.96 bits per heavy atom. The van der Waals surface area contributed by atoms with Crippen LogP contribution in [0.1, 0.15) is 37.7 Å². The van der Waals surface area contributed by atoms with Gasteiger partial charge >= 0.3 is 0 Å². The van der Waals surface area contributed by atoms with E-state index in [-0.39, 0.29) is 5.91 Å². The van der Waals surface area contributed by atoms with Gasteiger partial charge in [0.1, 0.15) is 0 Å². The summed E-state index contributed by atoms with van der Waals surface area (Å²) in [6.07, 6.45) is 12.4. The number of benzene rings is 1. The molecule has 0 spiro atoms. The van der Waals surface area contributed by atoms with Gasteiger partial charge in [0.05, 0.1) is 11.9 Å². The fourth-order valence-electron chi connectivity index (χ4n) is 2.93. The number of hydrogen-bond donors (Lipinski definition) is 1. The number of allylic oxidation sites excluding steroid dienone is 1. The topological polar surface area (TPSA) is 46.9 Å². The lowest BCUT2D eigenvalue weighted by atomic mass is 9.95. The van der Waals surface area contributed by atoms with Crippen LogP contribution in [0, 0.1) is 0 Å². The van der Waals surface area contributed by atoms with Crippen molar-refractivity contribution in [2.24, 2.45) is 0 Å². The number of nitrogens with zero attached hydrogens (tertiary/aromatic N) is 2. The predicted octanol–water partition coefficient (Wildman–Crippen LogP) is 3.42. The van der Waals surface area contributed by atoms with Gasteiger partial charge in [-0.05, 0) is 49.8 Å². The van der Waals surface area contributed by atoms with E-state index in [4.69, 9.17) is 0 Å². The molecular formula is C19H23N3O.